The molecule has 1 unspecified atom stereocenters. The number of amides is 1. The van der Waals surface area contributed by atoms with Gasteiger partial charge < -0.3 is 14.8 Å². The first-order chi connectivity index (χ1) is 15.3. The summed E-state index contributed by atoms with van der Waals surface area (Å²) in [5.41, 5.74) is 0.799. The molecule has 1 atom stereocenters. The molecule has 1 aliphatic heterocycles. The smallest absolute Gasteiger partial charge is 0.262 e. The molecule has 4 rings (SSSR count). The number of carbonyl (C=O) groups is 1. The maximum absolute atomic E-state index is 13.8. The lowest BCUT2D eigenvalue weighted by atomic mass is 10.1. The highest BCUT2D eigenvalue weighted by atomic mass is 32.2. The van der Waals surface area contributed by atoms with Crippen LogP contribution in [0, 0.1) is 5.82 Å². The predicted octanol–water partition coefficient (Wildman–Crippen LogP) is 3.89. The fourth-order valence-corrected chi connectivity index (χ4v) is 4.36. The summed E-state index contributed by atoms with van der Waals surface area (Å²) in [5, 5.41) is 2.85. The number of carbonyl (C=O) groups excluding carboxylic acids is 1. The lowest BCUT2D eigenvalue weighted by Crippen LogP contribution is -2.27. The number of rotatable bonds is 6. The predicted molar refractivity (Wildman–Crippen MR) is 117 cm³/mol. The number of halogens is 1. The van der Waals surface area contributed by atoms with Crippen molar-refractivity contribution in [3.63, 3.8) is 0 Å². The first kappa shape index (κ1) is 21.6. The summed E-state index contributed by atoms with van der Waals surface area (Å²) in [5.74, 6) is 0.120. The van der Waals surface area contributed by atoms with E-state index in [0.717, 1.165) is 11.6 Å². The third-order valence-corrected chi connectivity index (χ3v) is 6.30. The quantitative estimate of drug-likeness (QED) is 0.587. The number of ether oxygens (including phenoxy) is 2. The summed E-state index contributed by atoms with van der Waals surface area (Å²) in [4.78, 5) is 12.6. The zero-order valence-corrected chi connectivity index (χ0v) is 18.0. The minimum atomic E-state index is -4.08. The molecule has 9 heteroatoms. The largest absolute Gasteiger partial charge is 0.486 e. The van der Waals surface area contributed by atoms with Gasteiger partial charge in [0, 0.05) is 5.56 Å². The van der Waals surface area contributed by atoms with Crippen LogP contribution in [0.2, 0.25) is 0 Å². The van der Waals surface area contributed by atoms with Crippen LogP contribution in [-0.2, 0) is 10.0 Å². The summed E-state index contributed by atoms with van der Waals surface area (Å²) in [7, 11) is -4.08. The van der Waals surface area contributed by atoms with Crippen molar-refractivity contribution < 1.29 is 27.1 Å². The number of fused-ring (bicyclic) bond motifs is 1. The molecule has 0 bridgehead atoms. The summed E-state index contributed by atoms with van der Waals surface area (Å²) < 4.78 is 52.5. The Morgan fingerprint density at radius 2 is 1.72 bits per heavy atom. The van der Waals surface area contributed by atoms with Gasteiger partial charge in [-0.1, -0.05) is 24.3 Å². The molecule has 1 heterocycles. The van der Waals surface area contributed by atoms with Gasteiger partial charge in [-0.3, -0.25) is 9.52 Å². The monoisotopic (exact) mass is 456 g/mol. The van der Waals surface area contributed by atoms with E-state index in [9.17, 15) is 17.6 Å². The Morgan fingerprint density at radius 1 is 0.969 bits per heavy atom. The fourth-order valence-electron chi connectivity index (χ4n) is 3.24. The van der Waals surface area contributed by atoms with Crippen LogP contribution in [0.25, 0.3) is 0 Å². The summed E-state index contributed by atoms with van der Waals surface area (Å²) in [6.07, 6.45) is 0. The van der Waals surface area contributed by atoms with Gasteiger partial charge >= 0.3 is 0 Å². The highest BCUT2D eigenvalue weighted by molar-refractivity contribution is 7.92. The Hall–Kier alpha value is -3.59. The topological polar surface area (TPSA) is 93.7 Å². The second-order valence-electron chi connectivity index (χ2n) is 7.21. The van der Waals surface area contributed by atoms with Gasteiger partial charge in [0.15, 0.2) is 11.5 Å². The number of hydrogen-bond acceptors (Lipinski definition) is 5. The number of benzene rings is 3. The van der Waals surface area contributed by atoms with Crippen molar-refractivity contribution in [1.29, 1.82) is 0 Å². The third kappa shape index (κ3) is 4.67. The number of hydrogen-bond donors (Lipinski definition) is 2. The molecule has 1 amide bonds. The van der Waals surface area contributed by atoms with Crippen LogP contribution in [0.1, 0.15) is 28.9 Å². The number of anilines is 1. The first-order valence-corrected chi connectivity index (χ1v) is 11.4. The van der Waals surface area contributed by atoms with Gasteiger partial charge in [0.2, 0.25) is 0 Å². The summed E-state index contributed by atoms with van der Waals surface area (Å²) >= 11 is 0. The van der Waals surface area contributed by atoms with Gasteiger partial charge in [0.25, 0.3) is 15.9 Å². The van der Waals surface area contributed by atoms with E-state index in [0.29, 0.717) is 24.7 Å². The van der Waals surface area contributed by atoms with E-state index in [4.69, 9.17) is 9.47 Å². The Labute approximate surface area is 185 Å². The van der Waals surface area contributed by atoms with E-state index in [1.54, 1.807) is 12.1 Å². The standard InChI is InChI=1S/C23H21FN2O5S/c1-15(16-9-10-21-22(14-16)31-12-11-30-21)25-23(27)17-5-4-6-18(13-17)32(28,29)26-20-8-3-2-7-19(20)24/h2-10,13-15,26H,11-12H2,1H3,(H,25,27). The zero-order chi connectivity index (χ0) is 22.7. The zero-order valence-electron chi connectivity index (χ0n) is 17.2. The van der Waals surface area contributed by atoms with E-state index in [1.165, 1.54) is 42.5 Å². The van der Waals surface area contributed by atoms with Crippen LogP contribution in [0.4, 0.5) is 10.1 Å². The van der Waals surface area contributed by atoms with Crippen molar-refractivity contribution in [2.75, 3.05) is 17.9 Å². The van der Waals surface area contributed by atoms with Crippen LogP contribution < -0.4 is 19.5 Å². The van der Waals surface area contributed by atoms with Crippen LogP contribution in [-0.4, -0.2) is 27.5 Å². The van der Waals surface area contributed by atoms with Gasteiger partial charge in [-0.15, -0.1) is 0 Å². The molecule has 7 nitrogen and oxygen atoms in total. The molecule has 0 spiro atoms. The maximum atomic E-state index is 13.8. The van der Waals surface area contributed by atoms with Crippen molar-refractivity contribution in [3.05, 3.63) is 83.7 Å². The molecule has 1 aliphatic rings. The number of nitrogens with one attached hydrogen (secondary N) is 2. The second kappa shape index (κ2) is 8.88. The molecule has 32 heavy (non-hydrogen) atoms. The highest BCUT2D eigenvalue weighted by Crippen LogP contribution is 2.32. The van der Waals surface area contributed by atoms with Crippen LogP contribution in [0.5, 0.6) is 11.5 Å². The SMILES string of the molecule is CC(NC(=O)c1cccc(S(=O)(=O)Nc2ccccc2F)c1)c1ccc2c(c1)OCCO2. The highest BCUT2D eigenvalue weighted by Gasteiger charge is 2.20. The van der Waals surface area contributed by atoms with E-state index in [-0.39, 0.29) is 22.2 Å². The molecule has 0 saturated heterocycles. The molecular weight excluding hydrogens is 435 g/mol. The Kier molecular flexibility index (Phi) is 6.00. The lowest BCUT2D eigenvalue weighted by Gasteiger charge is -2.21. The Balaban J connectivity index is 1.50. The van der Waals surface area contributed by atoms with E-state index in [2.05, 4.69) is 10.0 Å². The molecule has 2 N–H and O–H groups in total. The van der Waals surface area contributed by atoms with Crippen LogP contribution in [0.3, 0.4) is 0 Å². The summed E-state index contributed by atoms with van der Waals surface area (Å²) in [6, 6.07) is 16.1. The van der Waals surface area contributed by atoms with E-state index in [1.807, 2.05) is 13.0 Å². The first-order valence-electron chi connectivity index (χ1n) is 9.91. The molecule has 0 aliphatic carbocycles. The molecule has 166 valence electrons. The fraction of sp³-hybridized carbons (Fsp3) is 0.174. The van der Waals surface area contributed by atoms with E-state index >= 15 is 0 Å². The minimum absolute atomic E-state index is 0.152. The van der Waals surface area contributed by atoms with Crippen molar-refractivity contribution in [1.82, 2.24) is 5.32 Å². The Bertz CT molecular complexity index is 1260. The average Bonchev–Trinajstić information content (AvgIpc) is 2.80. The van der Waals surface area contributed by atoms with Gasteiger partial charge in [0.1, 0.15) is 19.0 Å². The molecule has 0 saturated carbocycles. The maximum Gasteiger partial charge on any atom is 0.262 e. The molecule has 3 aromatic carbocycles. The normalized spacial score (nSPS) is 13.8. The summed E-state index contributed by atoms with van der Waals surface area (Å²) in [6.45, 7) is 2.76. The van der Waals surface area contributed by atoms with Crippen molar-refractivity contribution in [3.8, 4) is 11.5 Å². The van der Waals surface area contributed by atoms with Crippen LogP contribution in [0.15, 0.2) is 71.6 Å². The van der Waals surface area contributed by atoms with Gasteiger partial charge in [-0.25, -0.2) is 12.8 Å². The number of para-hydroxylation sites is 1. The second-order valence-corrected chi connectivity index (χ2v) is 8.89. The van der Waals surface area contributed by atoms with Crippen molar-refractivity contribution in [2.45, 2.75) is 17.9 Å². The van der Waals surface area contributed by atoms with Crippen molar-refractivity contribution in [2.24, 2.45) is 0 Å². The molecule has 3 aromatic rings. The van der Waals surface area contributed by atoms with Gasteiger partial charge in [-0.2, -0.15) is 0 Å². The lowest BCUT2D eigenvalue weighted by molar-refractivity contribution is 0.0939. The van der Waals surface area contributed by atoms with Gasteiger partial charge in [-0.05, 0) is 55.0 Å². The van der Waals surface area contributed by atoms with E-state index < -0.39 is 21.7 Å². The minimum Gasteiger partial charge on any atom is -0.486 e. The third-order valence-electron chi connectivity index (χ3n) is 4.94. The van der Waals surface area contributed by atoms with Crippen molar-refractivity contribution >= 4 is 21.6 Å². The van der Waals surface area contributed by atoms with Crippen LogP contribution >= 0.6 is 0 Å². The molecule has 0 fully saturated rings. The molecule has 0 aromatic heterocycles. The molecular formula is C23H21FN2O5S. The van der Waals surface area contributed by atoms with Gasteiger partial charge in [0.05, 0.1) is 16.6 Å². The Morgan fingerprint density at radius 3 is 2.50 bits per heavy atom. The number of sulfonamides is 1. The average molecular weight is 456 g/mol. The molecule has 0 radical (unpaired) electrons.